The number of hydrogen-bond donors (Lipinski definition) is 1. The van der Waals surface area contributed by atoms with E-state index in [0.717, 1.165) is 24.4 Å². The lowest BCUT2D eigenvalue weighted by molar-refractivity contribution is 0.184. The minimum Gasteiger partial charge on any atom is -0.395 e. The van der Waals surface area contributed by atoms with Gasteiger partial charge in [0, 0.05) is 36.4 Å². The monoisotopic (exact) mass is 301 g/mol. The van der Waals surface area contributed by atoms with Crippen molar-refractivity contribution in [2.75, 3.05) is 13.2 Å². The number of pyridine rings is 1. The molecule has 3 aromatic rings. The van der Waals surface area contributed by atoms with Crippen LogP contribution < -0.4 is 0 Å². The molecule has 0 spiro atoms. The first-order chi connectivity index (χ1) is 10.3. The van der Waals surface area contributed by atoms with Gasteiger partial charge in [0.15, 0.2) is 0 Å². The average Bonchev–Trinajstić information content (AvgIpc) is 3.09. The van der Waals surface area contributed by atoms with Gasteiger partial charge >= 0.3 is 0 Å². The highest BCUT2D eigenvalue weighted by Gasteiger charge is 2.10. The number of hydrogen-bond acceptors (Lipinski definition) is 4. The lowest BCUT2D eigenvalue weighted by Gasteiger charge is -2.19. The molecule has 0 unspecified atom stereocenters. The Morgan fingerprint density at radius 2 is 2.14 bits per heavy atom. The molecule has 110 valence electrons. The number of nitrogens with zero attached hydrogens (tertiary/aromatic N) is 3. The van der Waals surface area contributed by atoms with Crippen molar-refractivity contribution in [1.82, 2.24) is 14.3 Å². The van der Waals surface area contributed by atoms with E-state index in [1.165, 1.54) is 10.6 Å². The fraction of sp³-hybridized carbons (Fsp3) is 0.312. The van der Waals surface area contributed by atoms with E-state index in [0.29, 0.717) is 6.54 Å². The van der Waals surface area contributed by atoms with E-state index in [9.17, 15) is 5.11 Å². The van der Waals surface area contributed by atoms with Crippen LogP contribution in [-0.2, 0) is 13.1 Å². The van der Waals surface area contributed by atoms with Crippen LogP contribution in [0.25, 0.3) is 5.65 Å². The zero-order valence-electron chi connectivity index (χ0n) is 12.1. The summed E-state index contributed by atoms with van der Waals surface area (Å²) in [6.45, 7) is 4.50. The highest BCUT2D eigenvalue weighted by molar-refractivity contribution is 7.09. The third-order valence-electron chi connectivity index (χ3n) is 3.51. The number of rotatable bonds is 6. The van der Waals surface area contributed by atoms with Crippen molar-refractivity contribution in [3.8, 4) is 0 Å². The summed E-state index contributed by atoms with van der Waals surface area (Å²) >= 11 is 1.75. The molecule has 3 aromatic heterocycles. The van der Waals surface area contributed by atoms with E-state index in [1.54, 1.807) is 11.3 Å². The Balaban J connectivity index is 1.78. The van der Waals surface area contributed by atoms with Crippen molar-refractivity contribution < 1.29 is 5.11 Å². The lowest BCUT2D eigenvalue weighted by Crippen LogP contribution is -2.25. The molecular formula is C16H19N3OS. The number of aliphatic hydroxyl groups is 1. The van der Waals surface area contributed by atoms with Gasteiger partial charge in [-0.05, 0) is 30.5 Å². The first kappa shape index (κ1) is 14.3. The highest BCUT2D eigenvalue weighted by Crippen LogP contribution is 2.15. The molecule has 1 N–H and O–H groups in total. The summed E-state index contributed by atoms with van der Waals surface area (Å²) < 4.78 is 2.11. The van der Waals surface area contributed by atoms with Gasteiger partial charge < -0.3 is 9.51 Å². The second kappa shape index (κ2) is 6.39. The van der Waals surface area contributed by atoms with Crippen molar-refractivity contribution in [2.45, 2.75) is 20.0 Å². The van der Waals surface area contributed by atoms with Crippen molar-refractivity contribution in [3.63, 3.8) is 0 Å². The SMILES string of the molecule is Cc1cccc2nc(CN(CCO)Cc3cccs3)cn12. The van der Waals surface area contributed by atoms with E-state index >= 15 is 0 Å². The van der Waals surface area contributed by atoms with Gasteiger partial charge in [-0.1, -0.05) is 12.1 Å². The number of imidazole rings is 1. The standard InChI is InChI=1S/C16H19N3OS/c1-13-4-2-6-16-17-14(11-19(13)16)10-18(7-8-20)12-15-5-3-9-21-15/h2-6,9,11,20H,7-8,10,12H2,1H3. The summed E-state index contributed by atoms with van der Waals surface area (Å²) in [4.78, 5) is 8.20. The zero-order valence-corrected chi connectivity index (χ0v) is 12.9. The van der Waals surface area contributed by atoms with Crippen LogP contribution in [0.3, 0.4) is 0 Å². The first-order valence-corrected chi connectivity index (χ1v) is 7.93. The third kappa shape index (κ3) is 3.32. The van der Waals surface area contributed by atoms with Crippen molar-refractivity contribution in [2.24, 2.45) is 0 Å². The fourth-order valence-corrected chi connectivity index (χ4v) is 3.23. The summed E-state index contributed by atoms with van der Waals surface area (Å²) in [7, 11) is 0. The topological polar surface area (TPSA) is 40.8 Å². The molecule has 0 radical (unpaired) electrons. The first-order valence-electron chi connectivity index (χ1n) is 7.05. The Hall–Kier alpha value is -1.69. The van der Waals surface area contributed by atoms with E-state index in [1.807, 2.05) is 12.1 Å². The molecule has 0 amide bonds. The fourth-order valence-electron chi connectivity index (χ4n) is 2.48. The van der Waals surface area contributed by atoms with Crippen LogP contribution in [0.2, 0.25) is 0 Å². The Morgan fingerprint density at radius 3 is 2.86 bits per heavy atom. The van der Waals surface area contributed by atoms with Crippen molar-refractivity contribution >= 4 is 17.0 Å². The van der Waals surface area contributed by atoms with Gasteiger partial charge in [-0.25, -0.2) is 4.98 Å². The van der Waals surface area contributed by atoms with Crippen LogP contribution in [0.5, 0.6) is 0 Å². The Bertz CT molecular complexity index is 705. The minimum absolute atomic E-state index is 0.164. The molecule has 0 fully saturated rings. The summed E-state index contributed by atoms with van der Waals surface area (Å²) in [6.07, 6.45) is 2.09. The molecule has 0 saturated carbocycles. The van der Waals surface area contributed by atoms with Crippen molar-refractivity contribution in [1.29, 1.82) is 0 Å². The van der Waals surface area contributed by atoms with Crippen LogP contribution >= 0.6 is 11.3 Å². The quantitative estimate of drug-likeness (QED) is 0.761. The maximum Gasteiger partial charge on any atom is 0.137 e. The van der Waals surface area contributed by atoms with Crippen molar-refractivity contribution in [3.05, 3.63) is 58.2 Å². The summed E-state index contributed by atoms with van der Waals surface area (Å²) in [5, 5.41) is 11.3. The highest BCUT2D eigenvalue weighted by atomic mass is 32.1. The van der Waals surface area contributed by atoms with Gasteiger partial charge in [0.25, 0.3) is 0 Å². The summed E-state index contributed by atoms with van der Waals surface area (Å²) in [6, 6.07) is 10.3. The van der Waals surface area contributed by atoms with Crippen LogP contribution in [0.4, 0.5) is 0 Å². The van der Waals surface area contributed by atoms with E-state index in [2.05, 4.69) is 51.0 Å². The summed E-state index contributed by atoms with van der Waals surface area (Å²) in [5.74, 6) is 0. The molecule has 0 aliphatic carbocycles. The maximum absolute atomic E-state index is 9.26. The molecule has 0 aliphatic rings. The molecule has 5 heteroatoms. The van der Waals surface area contributed by atoms with Gasteiger partial charge in [-0.15, -0.1) is 11.3 Å². The molecule has 0 saturated heterocycles. The number of aromatic nitrogens is 2. The lowest BCUT2D eigenvalue weighted by atomic mass is 10.3. The minimum atomic E-state index is 0.164. The molecule has 4 nitrogen and oxygen atoms in total. The number of aryl methyl sites for hydroxylation is 1. The van der Waals surface area contributed by atoms with Gasteiger partial charge in [0.1, 0.15) is 5.65 Å². The molecule has 3 heterocycles. The number of fused-ring (bicyclic) bond motifs is 1. The predicted octanol–water partition coefficient (Wildman–Crippen LogP) is 2.70. The van der Waals surface area contributed by atoms with Gasteiger partial charge in [0.05, 0.1) is 12.3 Å². The van der Waals surface area contributed by atoms with E-state index in [-0.39, 0.29) is 6.61 Å². The molecule has 0 atom stereocenters. The predicted molar refractivity (Wildman–Crippen MR) is 85.4 cm³/mol. The second-order valence-electron chi connectivity index (χ2n) is 5.14. The molecular weight excluding hydrogens is 282 g/mol. The number of thiophene rings is 1. The molecule has 21 heavy (non-hydrogen) atoms. The van der Waals surface area contributed by atoms with E-state index < -0.39 is 0 Å². The van der Waals surface area contributed by atoms with Gasteiger partial charge in [-0.3, -0.25) is 4.90 Å². The summed E-state index contributed by atoms with van der Waals surface area (Å²) in [5.41, 5.74) is 3.19. The van der Waals surface area contributed by atoms with Crippen LogP contribution in [0.1, 0.15) is 16.3 Å². The Kier molecular flexibility index (Phi) is 4.34. The molecule has 0 bridgehead atoms. The largest absolute Gasteiger partial charge is 0.395 e. The zero-order chi connectivity index (χ0) is 14.7. The Labute approximate surface area is 128 Å². The maximum atomic E-state index is 9.26. The Morgan fingerprint density at radius 1 is 1.24 bits per heavy atom. The van der Waals surface area contributed by atoms with Gasteiger partial charge in [-0.2, -0.15) is 0 Å². The second-order valence-corrected chi connectivity index (χ2v) is 6.17. The van der Waals surface area contributed by atoms with Gasteiger partial charge in [0.2, 0.25) is 0 Å². The van der Waals surface area contributed by atoms with Crippen LogP contribution in [0, 0.1) is 6.92 Å². The normalized spacial score (nSPS) is 11.6. The number of aliphatic hydroxyl groups excluding tert-OH is 1. The molecule has 0 aliphatic heterocycles. The average molecular weight is 301 g/mol. The smallest absolute Gasteiger partial charge is 0.137 e. The van der Waals surface area contributed by atoms with Crippen LogP contribution in [-0.4, -0.2) is 32.5 Å². The third-order valence-corrected chi connectivity index (χ3v) is 4.37. The molecule has 3 rings (SSSR count). The molecule has 0 aromatic carbocycles. The van der Waals surface area contributed by atoms with Crippen LogP contribution in [0.15, 0.2) is 41.9 Å². The van der Waals surface area contributed by atoms with E-state index in [4.69, 9.17) is 0 Å².